The molecule has 4 N–H and O–H groups in total. The standard InChI is InChI=1S/C29H38N4O5/c1-6-29(7-2)16-23(34)33(27(30)32-29)21(17-37-5)18-11-10-12-19(15-18)26(36)31-24-20-13-8-9-14-22(20)38-28(3,4)25(24)35/h8-15,21,24-25,35H,6-7,16-17H2,1-5H3,(H2,30,32)(H,31,36)/t21?,24-,25+/m1/s1. The van der Waals surface area contributed by atoms with Crippen molar-refractivity contribution in [2.24, 2.45) is 10.7 Å². The van der Waals surface area contributed by atoms with Gasteiger partial charge in [0.1, 0.15) is 17.5 Å². The third-order valence-corrected chi connectivity index (χ3v) is 7.78. The molecule has 0 aliphatic carbocycles. The molecule has 204 valence electrons. The van der Waals surface area contributed by atoms with Gasteiger partial charge in [-0.2, -0.15) is 0 Å². The quantitative estimate of drug-likeness (QED) is 0.487. The molecule has 0 radical (unpaired) electrons. The zero-order valence-electron chi connectivity index (χ0n) is 22.7. The second-order valence-electron chi connectivity index (χ2n) is 10.6. The summed E-state index contributed by atoms with van der Waals surface area (Å²) < 4.78 is 11.4. The van der Waals surface area contributed by atoms with Crippen LogP contribution in [0.1, 0.15) is 80.5 Å². The third kappa shape index (κ3) is 5.13. The van der Waals surface area contributed by atoms with Gasteiger partial charge in [0.25, 0.3) is 5.91 Å². The number of aliphatic hydroxyl groups is 1. The van der Waals surface area contributed by atoms with Gasteiger partial charge in [-0.3, -0.25) is 14.5 Å². The maximum Gasteiger partial charge on any atom is 0.251 e. The average molecular weight is 523 g/mol. The average Bonchev–Trinajstić information content (AvgIpc) is 2.90. The predicted octanol–water partition coefficient (Wildman–Crippen LogP) is 3.48. The Hall–Kier alpha value is -3.43. The zero-order valence-corrected chi connectivity index (χ0v) is 22.7. The highest BCUT2D eigenvalue weighted by molar-refractivity contribution is 6.00. The summed E-state index contributed by atoms with van der Waals surface area (Å²) >= 11 is 0. The van der Waals surface area contributed by atoms with Crippen molar-refractivity contribution >= 4 is 17.8 Å². The van der Waals surface area contributed by atoms with Crippen molar-refractivity contribution in [3.8, 4) is 5.75 Å². The highest BCUT2D eigenvalue weighted by atomic mass is 16.5. The molecule has 2 aromatic carbocycles. The van der Waals surface area contributed by atoms with Crippen LogP contribution in [0, 0.1) is 0 Å². The van der Waals surface area contributed by atoms with E-state index in [4.69, 9.17) is 20.2 Å². The van der Waals surface area contributed by atoms with E-state index in [1.165, 1.54) is 4.90 Å². The summed E-state index contributed by atoms with van der Waals surface area (Å²) in [6.45, 7) is 7.77. The molecule has 0 fully saturated rings. The van der Waals surface area contributed by atoms with E-state index in [1.54, 1.807) is 39.2 Å². The Labute approximate surface area is 224 Å². The predicted molar refractivity (Wildman–Crippen MR) is 145 cm³/mol. The molecule has 1 unspecified atom stereocenters. The number of amides is 2. The monoisotopic (exact) mass is 522 g/mol. The van der Waals surface area contributed by atoms with Crippen molar-refractivity contribution < 1.29 is 24.2 Å². The molecule has 2 amide bonds. The minimum absolute atomic E-state index is 0.123. The van der Waals surface area contributed by atoms with E-state index in [9.17, 15) is 14.7 Å². The molecule has 38 heavy (non-hydrogen) atoms. The number of carbonyl (C=O) groups excluding carboxylic acids is 2. The number of nitrogens with zero attached hydrogens (tertiary/aromatic N) is 2. The molecule has 2 heterocycles. The number of ether oxygens (including phenoxy) is 2. The largest absolute Gasteiger partial charge is 0.485 e. The fraction of sp³-hybridized carbons (Fsp3) is 0.483. The van der Waals surface area contributed by atoms with Crippen molar-refractivity contribution in [1.82, 2.24) is 10.2 Å². The lowest BCUT2D eigenvalue weighted by atomic mass is 9.86. The van der Waals surface area contributed by atoms with Crippen LogP contribution in [-0.2, 0) is 9.53 Å². The van der Waals surface area contributed by atoms with Gasteiger partial charge in [-0.15, -0.1) is 0 Å². The molecule has 0 bridgehead atoms. The molecule has 4 rings (SSSR count). The molecule has 2 aliphatic heterocycles. The summed E-state index contributed by atoms with van der Waals surface area (Å²) in [5.74, 6) is 0.297. The molecule has 0 aromatic heterocycles. The number of carbonyl (C=O) groups is 2. The van der Waals surface area contributed by atoms with Crippen LogP contribution in [0.5, 0.6) is 5.75 Å². The van der Waals surface area contributed by atoms with E-state index in [2.05, 4.69) is 5.32 Å². The molecule has 9 heteroatoms. The number of benzene rings is 2. The number of rotatable bonds is 8. The minimum atomic E-state index is -0.967. The molecule has 0 saturated carbocycles. The topological polar surface area (TPSA) is 126 Å². The van der Waals surface area contributed by atoms with Gasteiger partial charge >= 0.3 is 0 Å². The summed E-state index contributed by atoms with van der Waals surface area (Å²) in [6, 6.07) is 13.2. The lowest BCUT2D eigenvalue weighted by Gasteiger charge is -2.42. The Morgan fingerprint density at radius 1 is 1.24 bits per heavy atom. The molecular weight excluding hydrogens is 484 g/mol. The maximum atomic E-state index is 13.5. The van der Waals surface area contributed by atoms with Crippen LogP contribution in [0.25, 0.3) is 0 Å². The normalized spacial score (nSPS) is 22.6. The van der Waals surface area contributed by atoms with Crippen molar-refractivity contribution in [3.63, 3.8) is 0 Å². The molecule has 3 atom stereocenters. The van der Waals surface area contributed by atoms with Crippen LogP contribution in [-0.4, -0.2) is 58.7 Å². The van der Waals surface area contributed by atoms with Crippen LogP contribution in [0.2, 0.25) is 0 Å². The number of methoxy groups -OCH3 is 1. The first kappa shape index (κ1) is 27.6. The molecule has 0 saturated heterocycles. The number of nitrogens with two attached hydrogens (primary N) is 1. The first-order valence-corrected chi connectivity index (χ1v) is 13.1. The molecule has 2 aliphatic rings. The number of nitrogens with one attached hydrogen (secondary N) is 1. The summed E-state index contributed by atoms with van der Waals surface area (Å²) in [6.07, 6.45) is 0.724. The second-order valence-corrected chi connectivity index (χ2v) is 10.6. The SMILES string of the molecule is CCC1(CC)CC(=O)N(C(COC)c2cccc(C(=O)N[C@@H]3c4ccccc4OC(C)(C)[C@H]3O)c2)C(N)=N1. The van der Waals surface area contributed by atoms with Crippen molar-refractivity contribution in [1.29, 1.82) is 0 Å². The fourth-order valence-corrected chi connectivity index (χ4v) is 5.31. The second kappa shape index (κ2) is 10.7. The van der Waals surface area contributed by atoms with Gasteiger partial charge in [-0.05, 0) is 50.5 Å². The van der Waals surface area contributed by atoms with Gasteiger partial charge in [-0.25, -0.2) is 4.99 Å². The summed E-state index contributed by atoms with van der Waals surface area (Å²) in [7, 11) is 1.55. The smallest absolute Gasteiger partial charge is 0.251 e. The Bertz CT molecular complexity index is 1220. The summed E-state index contributed by atoms with van der Waals surface area (Å²) in [5.41, 5.74) is 6.75. The van der Waals surface area contributed by atoms with Gasteiger partial charge < -0.3 is 25.6 Å². The number of para-hydroxylation sites is 1. The van der Waals surface area contributed by atoms with Gasteiger partial charge in [0.2, 0.25) is 5.91 Å². The van der Waals surface area contributed by atoms with Gasteiger partial charge in [0.15, 0.2) is 5.96 Å². The van der Waals surface area contributed by atoms with Crippen LogP contribution in [0.3, 0.4) is 0 Å². The van der Waals surface area contributed by atoms with Crippen molar-refractivity contribution in [3.05, 3.63) is 65.2 Å². The Kier molecular flexibility index (Phi) is 7.80. The molecule has 2 aromatic rings. The van der Waals surface area contributed by atoms with Gasteiger partial charge in [0, 0.05) is 18.2 Å². The molecular formula is C29H38N4O5. The Morgan fingerprint density at radius 2 is 1.95 bits per heavy atom. The van der Waals surface area contributed by atoms with Gasteiger partial charge in [-0.1, -0.05) is 44.2 Å². The van der Waals surface area contributed by atoms with E-state index < -0.39 is 29.3 Å². The summed E-state index contributed by atoms with van der Waals surface area (Å²) in [5, 5.41) is 14.0. The number of hydrogen-bond acceptors (Lipinski definition) is 7. The van der Waals surface area contributed by atoms with Crippen LogP contribution in [0.4, 0.5) is 0 Å². The van der Waals surface area contributed by atoms with E-state index in [-0.39, 0.29) is 30.8 Å². The van der Waals surface area contributed by atoms with Crippen molar-refractivity contribution in [2.75, 3.05) is 13.7 Å². The highest BCUT2D eigenvalue weighted by Gasteiger charge is 2.44. The van der Waals surface area contributed by atoms with Crippen LogP contribution < -0.4 is 15.8 Å². The lowest BCUT2D eigenvalue weighted by Crippen LogP contribution is -2.53. The van der Waals surface area contributed by atoms with Gasteiger partial charge in [0.05, 0.1) is 30.7 Å². The fourth-order valence-electron chi connectivity index (χ4n) is 5.31. The molecule has 0 spiro atoms. The van der Waals surface area contributed by atoms with E-state index >= 15 is 0 Å². The lowest BCUT2D eigenvalue weighted by molar-refractivity contribution is -0.132. The number of hydrogen-bond donors (Lipinski definition) is 3. The number of guanidine groups is 1. The summed E-state index contributed by atoms with van der Waals surface area (Å²) in [4.78, 5) is 33.0. The zero-order chi connectivity index (χ0) is 27.7. The van der Waals surface area contributed by atoms with Crippen LogP contribution >= 0.6 is 0 Å². The maximum absolute atomic E-state index is 13.5. The van der Waals surface area contributed by atoms with E-state index in [1.807, 2.05) is 44.2 Å². The first-order chi connectivity index (χ1) is 18.1. The van der Waals surface area contributed by atoms with Crippen LogP contribution in [0.15, 0.2) is 53.5 Å². The Balaban J connectivity index is 1.63. The first-order valence-electron chi connectivity index (χ1n) is 13.1. The highest BCUT2D eigenvalue weighted by Crippen LogP contribution is 2.40. The molecule has 9 nitrogen and oxygen atoms in total. The van der Waals surface area contributed by atoms with Crippen molar-refractivity contribution in [2.45, 2.75) is 76.3 Å². The third-order valence-electron chi connectivity index (χ3n) is 7.78. The Morgan fingerprint density at radius 3 is 2.61 bits per heavy atom. The minimum Gasteiger partial charge on any atom is -0.485 e. The number of fused-ring (bicyclic) bond motifs is 1. The number of aliphatic imine (C=N–C) groups is 1. The number of aliphatic hydroxyl groups excluding tert-OH is 1. The van der Waals surface area contributed by atoms with E-state index in [0.717, 1.165) is 0 Å². The van der Waals surface area contributed by atoms with E-state index in [0.29, 0.717) is 35.3 Å².